The molecule has 0 bridgehead atoms. The maximum absolute atomic E-state index is 4.08. The zero-order valence-corrected chi connectivity index (χ0v) is 26.2. The summed E-state index contributed by atoms with van der Waals surface area (Å²) < 4.78 is 0. The Kier molecular flexibility index (Phi) is 6.80. The summed E-state index contributed by atoms with van der Waals surface area (Å²) in [6.07, 6.45) is 11.4. The third-order valence-corrected chi connectivity index (χ3v) is 9.64. The Bertz CT molecular complexity index is 2530. The van der Waals surface area contributed by atoms with Gasteiger partial charge in [-0.2, -0.15) is 0 Å². The molecule has 0 amide bonds. The predicted molar refractivity (Wildman–Crippen MR) is 204 cm³/mol. The van der Waals surface area contributed by atoms with Gasteiger partial charge in [-0.1, -0.05) is 121 Å². The van der Waals surface area contributed by atoms with E-state index in [0.717, 1.165) is 25.7 Å². The van der Waals surface area contributed by atoms with Crippen LogP contribution >= 0.6 is 0 Å². The van der Waals surface area contributed by atoms with E-state index in [1.54, 1.807) is 0 Å². The van der Waals surface area contributed by atoms with Crippen molar-refractivity contribution in [3.63, 3.8) is 0 Å². The fraction of sp³-hybridized carbons (Fsp3) is 0.0870. The summed E-state index contributed by atoms with van der Waals surface area (Å²) in [6, 6.07) is 37.1. The van der Waals surface area contributed by atoms with Crippen LogP contribution in [0.4, 0.5) is 0 Å². The van der Waals surface area contributed by atoms with Crippen LogP contribution in [0, 0.1) is 0 Å². The van der Waals surface area contributed by atoms with Crippen LogP contribution < -0.4 is 0 Å². The van der Waals surface area contributed by atoms with E-state index in [-0.39, 0.29) is 0 Å². The molecule has 0 heterocycles. The highest BCUT2D eigenvalue weighted by Gasteiger charge is 2.22. The Morgan fingerprint density at radius 1 is 0.370 bits per heavy atom. The van der Waals surface area contributed by atoms with Crippen molar-refractivity contribution in [1.82, 2.24) is 0 Å². The Balaban J connectivity index is 1.61. The summed E-state index contributed by atoms with van der Waals surface area (Å²) in [5, 5.41) is 15.6. The van der Waals surface area contributed by atoms with Crippen molar-refractivity contribution in [2.24, 2.45) is 0 Å². The fourth-order valence-corrected chi connectivity index (χ4v) is 7.91. The van der Waals surface area contributed by atoms with Gasteiger partial charge in [0.05, 0.1) is 0 Å². The first-order valence-electron chi connectivity index (χ1n) is 16.2. The predicted octanol–water partition coefficient (Wildman–Crippen LogP) is 12.6. The molecular weight excluding hydrogens is 553 g/mol. The lowest BCUT2D eigenvalue weighted by molar-refractivity contribution is 1.27. The second-order valence-electron chi connectivity index (χ2n) is 12.6. The van der Waals surface area contributed by atoms with E-state index in [4.69, 9.17) is 0 Å². The topological polar surface area (TPSA) is 0 Å². The number of fused-ring (bicyclic) bond motifs is 5. The Labute approximate surface area is 270 Å². The molecule has 0 radical (unpaired) electrons. The molecule has 0 aromatic heterocycles. The average Bonchev–Trinajstić information content (AvgIpc) is 3.06. The van der Waals surface area contributed by atoms with Gasteiger partial charge in [0.15, 0.2) is 0 Å². The van der Waals surface area contributed by atoms with Crippen LogP contribution in [0.1, 0.15) is 22.3 Å². The van der Waals surface area contributed by atoms with E-state index in [1.165, 1.54) is 98.0 Å². The third-order valence-electron chi connectivity index (χ3n) is 9.64. The lowest BCUT2D eigenvalue weighted by Crippen LogP contribution is -1.96. The molecule has 220 valence electrons. The summed E-state index contributed by atoms with van der Waals surface area (Å²) in [4.78, 5) is 0. The van der Waals surface area contributed by atoms with Crippen molar-refractivity contribution in [1.29, 1.82) is 0 Å². The SMILES string of the molecule is C=CCc1ccc2c(-c3c4ccccc4c4c5cc(CC=C)cc6cc(CC=C)cc(c7cccc3c74)c65)cc(CC=C)cc2c1. The highest BCUT2D eigenvalue weighted by atomic mass is 14.2. The molecule has 0 aliphatic rings. The highest BCUT2D eigenvalue weighted by Crippen LogP contribution is 2.49. The van der Waals surface area contributed by atoms with Gasteiger partial charge in [-0.05, 0) is 124 Å². The molecule has 0 heteroatoms. The van der Waals surface area contributed by atoms with Gasteiger partial charge >= 0.3 is 0 Å². The van der Waals surface area contributed by atoms with Gasteiger partial charge in [0.25, 0.3) is 0 Å². The van der Waals surface area contributed by atoms with Crippen molar-refractivity contribution in [3.8, 4) is 11.1 Å². The molecule has 0 saturated carbocycles. The molecule has 0 aliphatic carbocycles. The molecule has 8 rings (SSSR count). The number of rotatable bonds is 9. The second-order valence-corrected chi connectivity index (χ2v) is 12.6. The van der Waals surface area contributed by atoms with Gasteiger partial charge < -0.3 is 0 Å². The van der Waals surface area contributed by atoms with Crippen LogP contribution in [0.5, 0.6) is 0 Å². The van der Waals surface area contributed by atoms with Crippen LogP contribution in [0.25, 0.3) is 75.8 Å². The van der Waals surface area contributed by atoms with Gasteiger partial charge in [-0.15, -0.1) is 26.3 Å². The summed E-state index contributed by atoms with van der Waals surface area (Å²) in [7, 11) is 0. The maximum Gasteiger partial charge on any atom is -0.00136 e. The number of hydrogen-bond acceptors (Lipinski definition) is 0. The third kappa shape index (κ3) is 4.29. The number of allylic oxidation sites excluding steroid dienone is 4. The van der Waals surface area contributed by atoms with Crippen molar-refractivity contribution in [2.45, 2.75) is 25.7 Å². The first-order chi connectivity index (χ1) is 22.6. The minimum Gasteiger partial charge on any atom is -0.103 e. The van der Waals surface area contributed by atoms with Gasteiger partial charge in [-0.25, -0.2) is 0 Å². The molecule has 0 spiro atoms. The quantitative estimate of drug-likeness (QED) is 0.0894. The zero-order chi connectivity index (χ0) is 31.4. The lowest BCUT2D eigenvalue weighted by Gasteiger charge is -2.22. The molecule has 0 atom stereocenters. The van der Waals surface area contributed by atoms with Gasteiger partial charge in [-0.3, -0.25) is 0 Å². The van der Waals surface area contributed by atoms with Crippen LogP contribution in [-0.2, 0) is 25.7 Å². The number of hydrogen-bond donors (Lipinski definition) is 0. The molecule has 0 fully saturated rings. The molecule has 0 unspecified atom stereocenters. The molecular formula is C46H36. The molecule has 0 nitrogen and oxygen atoms in total. The van der Waals surface area contributed by atoms with Crippen LogP contribution in [0.3, 0.4) is 0 Å². The van der Waals surface area contributed by atoms with E-state index < -0.39 is 0 Å². The van der Waals surface area contributed by atoms with Crippen LogP contribution in [0.15, 0.2) is 148 Å². The summed E-state index contributed by atoms with van der Waals surface area (Å²) in [5.74, 6) is 0. The first-order valence-corrected chi connectivity index (χ1v) is 16.2. The Morgan fingerprint density at radius 3 is 1.61 bits per heavy atom. The minimum atomic E-state index is 0.821. The fourth-order valence-electron chi connectivity index (χ4n) is 7.91. The molecule has 0 aliphatic heterocycles. The second kappa shape index (κ2) is 11.2. The minimum absolute atomic E-state index is 0.821. The smallest absolute Gasteiger partial charge is 0.00136 e. The summed E-state index contributed by atoms with van der Waals surface area (Å²) in [6.45, 7) is 16.2. The molecule has 0 N–H and O–H groups in total. The highest BCUT2D eigenvalue weighted by molar-refractivity contribution is 6.41. The molecule has 8 aromatic rings. The molecule has 0 saturated heterocycles. The van der Waals surface area contributed by atoms with Gasteiger partial charge in [0, 0.05) is 0 Å². The normalized spacial score (nSPS) is 11.7. The first kappa shape index (κ1) is 28.0. The van der Waals surface area contributed by atoms with E-state index in [2.05, 4.69) is 123 Å². The van der Waals surface area contributed by atoms with E-state index in [1.807, 2.05) is 24.3 Å². The summed E-state index contributed by atoms with van der Waals surface area (Å²) in [5.41, 5.74) is 7.71. The van der Waals surface area contributed by atoms with Crippen molar-refractivity contribution < 1.29 is 0 Å². The Morgan fingerprint density at radius 2 is 0.891 bits per heavy atom. The van der Waals surface area contributed by atoms with E-state index in [9.17, 15) is 0 Å². The molecule has 46 heavy (non-hydrogen) atoms. The van der Waals surface area contributed by atoms with E-state index in [0.29, 0.717) is 0 Å². The van der Waals surface area contributed by atoms with Crippen molar-refractivity contribution >= 4 is 64.6 Å². The van der Waals surface area contributed by atoms with Gasteiger partial charge in [0.1, 0.15) is 0 Å². The largest absolute Gasteiger partial charge is 0.103 e. The van der Waals surface area contributed by atoms with Crippen molar-refractivity contribution in [2.75, 3.05) is 0 Å². The monoisotopic (exact) mass is 588 g/mol. The van der Waals surface area contributed by atoms with E-state index >= 15 is 0 Å². The number of benzene rings is 8. The standard InChI is InChI=1S/C46H36/c1-5-12-29-20-21-35-33(22-29)23-30(13-6-2)26-40(35)44-36-16-9-10-17-37(36)46-42-28-32(15-8-4)25-34-24-31(14-7-3)27-41(43(34)42)38-18-11-19-39(44)45(38)46/h5-11,16-28H,1-4,12-15H2. The lowest BCUT2D eigenvalue weighted by atomic mass is 9.81. The molecule has 8 aromatic carbocycles. The van der Waals surface area contributed by atoms with Gasteiger partial charge in [0.2, 0.25) is 0 Å². The Hall–Kier alpha value is -5.46. The average molecular weight is 589 g/mol. The van der Waals surface area contributed by atoms with Crippen LogP contribution in [-0.4, -0.2) is 0 Å². The van der Waals surface area contributed by atoms with Crippen molar-refractivity contribution in [3.05, 3.63) is 170 Å². The summed E-state index contributed by atoms with van der Waals surface area (Å²) >= 11 is 0. The maximum atomic E-state index is 4.08. The zero-order valence-electron chi connectivity index (χ0n) is 26.2. The van der Waals surface area contributed by atoms with Crippen LogP contribution in [0.2, 0.25) is 0 Å².